The molecular weight excluding hydrogens is 276 g/mol. The van der Waals surface area contributed by atoms with Gasteiger partial charge in [0.15, 0.2) is 0 Å². The zero-order valence-corrected chi connectivity index (χ0v) is 12.8. The summed E-state index contributed by atoms with van der Waals surface area (Å²) in [6.45, 7) is 3.58. The highest BCUT2D eigenvalue weighted by Gasteiger charge is 2.30. The molecule has 4 rings (SSSR count). The first-order valence-corrected chi connectivity index (χ1v) is 8.16. The van der Waals surface area contributed by atoms with E-state index in [9.17, 15) is 0 Å². The summed E-state index contributed by atoms with van der Waals surface area (Å²) in [5.41, 5.74) is 3.05. The Labute approximate surface area is 130 Å². The van der Waals surface area contributed by atoms with E-state index in [2.05, 4.69) is 39.2 Å². The third-order valence-corrected chi connectivity index (χ3v) is 4.81. The van der Waals surface area contributed by atoms with E-state index in [1.165, 1.54) is 30.4 Å². The van der Waals surface area contributed by atoms with Crippen molar-refractivity contribution in [3.05, 3.63) is 48.0 Å². The summed E-state index contributed by atoms with van der Waals surface area (Å²) in [4.78, 5) is 6.61. The lowest BCUT2D eigenvalue weighted by molar-refractivity contribution is -0.0541. The number of ether oxygens (including phenoxy) is 1. The van der Waals surface area contributed by atoms with Crippen molar-refractivity contribution in [3.63, 3.8) is 0 Å². The van der Waals surface area contributed by atoms with E-state index in [-0.39, 0.29) is 6.10 Å². The van der Waals surface area contributed by atoms with Crippen LogP contribution in [0.15, 0.2) is 36.9 Å². The van der Waals surface area contributed by atoms with Crippen LogP contribution in [0.2, 0.25) is 0 Å². The Morgan fingerprint density at radius 1 is 1.27 bits per heavy atom. The van der Waals surface area contributed by atoms with Crippen molar-refractivity contribution < 1.29 is 4.74 Å². The molecule has 2 heterocycles. The van der Waals surface area contributed by atoms with Crippen molar-refractivity contribution in [1.82, 2.24) is 19.7 Å². The summed E-state index contributed by atoms with van der Waals surface area (Å²) in [6.07, 6.45) is 7.31. The van der Waals surface area contributed by atoms with Crippen molar-refractivity contribution in [2.24, 2.45) is 0 Å². The maximum atomic E-state index is 5.93. The number of rotatable bonds is 3. The highest BCUT2D eigenvalue weighted by Crippen LogP contribution is 2.35. The Hall–Kier alpha value is -1.72. The molecule has 0 bridgehead atoms. The number of benzene rings is 1. The van der Waals surface area contributed by atoms with Crippen LogP contribution in [0, 0.1) is 0 Å². The fraction of sp³-hybridized carbons (Fsp3) is 0.529. The first-order chi connectivity index (χ1) is 10.9. The summed E-state index contributed by atoms with van der Waals surface area (Å²) in [5.74, 6) is 0. The Balaban J connectivity index is 1.48. The van der Waals surface area contributed by atoms with Gasteiger partial charge in [0.25, 0.3) is 0 Å². The largest absolute Gasteiger partial charge is 0.374 e. The number of fused-ring (bicyclic) bond motifs is 1. The molecule has 1 aliphatic heterocycles. The normalized spacial score (nSPS) is 25.8. The SMILES string of the molecule is c1ccc2c(c1)CCC[C@@H]2N1CCO[C@@H](Cn2cncn2)C1. The molecule has 0 unspecified atom stereocenters. The smallest absolute Gasteiger partial charge is 0.137 e. The molecular formula is C17H22N4O. The van der Waals surface area contributed by atoms with Crippen LogP contribution in [0.5, 0.6) is 0 Å². The summed E-state index contributed by atoms with van der Waals surface area (Å²) in [7, 11) is 0. The monoisotopic (exact) mass is 298 g/mol. The number of morpholine rings is 1. The van der Waals surface area contributed by atoms with E-state index >= 15 is 0 Å². The molecule has 5 nitrogen and oxygen atoms in total. The summed E-state index contributed by atoms with van der Waals surface area (Å²) in [6, 6.07) is 9.47. The lowest BCUT2D eigenvalue weighted by atomic mass is 9.86. The van der Waals surface area contributed by atoms with E-state index < -0.39 is 0 Å². The van der Waals surface area contributed by atoms with Gasteiger partial charge in [0.2, 0.25) is 0 Å². The van der Waals surface area contributed by atoms with Gasteiger partial charge >= 0.3 is 0 Å². The second kappa shape index (κ2) is 6.18. The predicted octanol–water partition coefficient (Wildman–Crippen LogP) is 2.06. The molecule has 2 aromatic rings. The van der Waals surface area contributed by atoms with Crippen molar-refractivity contribution in [2.45, 2.75) is 38.0 Å². The van der Waals surface area contributed by atoms with Crippen LogP contribution in [0.3, 0.4) is 0 Å². The minimum Gasteiger partial charge on any atom is -0.374 e. The van der Waals surface area contributed by atoms with Crippen LogP contribution < -0.4 is 0 Å². The number of aryl methyl sites for hydroxylation is 1. The average molecular weight is 298 g/mol. The Kier molecular flexibility index (Phi) is 3.91. The molecule has 0 saturated carbocycles. The zero-order valence-electron chi connectivity index (χ0n) is 12.8. The van der Waals surface area contributed by atoms with Crippen LogP contribution >= 0.6 is 0 Å². The van der Waals surface area contributed by atoms with E-state index in [1.54, 1.807) is 12.7 Å². The van der Waals surface area contributed by atoms with Gasteiger partial charge in [-0.2, -0.15) is 5.10 Å². The molecule has 0 radical (unpaired) electrons. The van der Waals surface area contributed by atoms with Crippen molar-refractivity contribution in [3.8, 4) is 0 Å². The third kappa shape index (κ3) is 2.78. The van der Waals surface area contributed by atoms with Crippen molar-refractivity contribution in [2.75, 3.05) is 19.7 Å². The molecule has 1 aliphatic carbocycles. The van der Waals surface area contributed by atoms with E-state index in [0.29, 0.717) is 6.04 Å². The van der Waals surface area contributed by atoms with Crippen molar-refractivity contribution >= 4 is 0 Å². The van der Waals surface area contributed by atoms with E-state index in [4.69, 9.17) is 4.74 Å². The number of hydrogen-bond acceptors (Lipinski definition) is 4. The highest BCUT2D eigenvalue weighted by atomic mass is 16.5. The van der Waals surface area contributed by atoms with Gasteiger partial charge < -0.3 is 4.74 Å². The Morgan fingerprint density at radius 2 is 2.23 bits per heavy atom. The average Bonchev–Trinajstić information content (AvgIpc) is 3.07. The first kappa shape index (κ1) is 13.9. The van der Waals surface area contributed by atoms with E-state index in [0.717, 1.165) is 26.2 Å². The lowest BCUT2D eigenvalue weighted by Crippen LogP contribution is -2.46. The number of nitrogens with zero attached hydrogens (tertiary/aromatic N) is 4. The summed E-state index contributed by atoms with van der Waals surface area (Å²) in [5, 5.41) is 4.19. The summed E-state index contributed by atoms with van der Waals surface area (Å²) < 4.78 is 7.79. The Bertz CT molecular complexity index is 613. The fourth-order valence-corrected chi connectivity index (χ4v) is 3.78. The molecule has 1 aromatic carbocycles. The van der Waals surface area contributed by atoms with Crippen LogP contribution in [0.1, 0.15) is 30.0 Å². The van der Waals surface area contributed by atoms with Crippen LogP contribution in [0.4, 0.5) is 0 Å². The van der Waals surface area contributed by atoms with Gasteiger partial charge in [0.05, 0.1) is 19.3 Å². The summed E-state index contributed by atoms with van der Waals surface area (Å²) >= 11 is 0. The molecule has 2 aliphatic rings. The van der Waals surface area contributed by atoms with Gasteiger partial charge in [-0.25, -0.2) is 4.98 Å². The maximum Gasteiger partial charge on any atom is 0.137 e. The van der Waals surface area contributed by atoms with Crippen molar-refractivity contribution in [1.29, 1.82) is 0 Å². The van der Waals surface area contributed by atoms with Gasteiger partial charge in [0, 0.05) is 19.1 Å². The quantitative estimate of drug-likeness (QED) is 0.870. The molecule has 0 amide bonds. The second-order valence-corrected chi connectivity index (χ2v) is 6.21. The topological polar surface area (TPSA) is 43.2 Å². The molecule has 22 heavy (non-hydrogen) atoms. The van der Waals surface area contributed by atoms with Crippen LogP contribution in [-0.4, -0.2) is 45.5 Å². The molecule has 1 aromatic heterocycles. The fourth-order valence-electron chi connectivity index (χ4n) is 3.78. The minimum absolute atomic E-state index is 0.199. The van der Waals surface area contributed by atoms with Crippen LogP contribution in [-0.2, 0) is 17.7 Å². The van der Waals surface area contributed by atoms with Crippen LogP contribution in [0.25, 0.3) is 0 Å². The second-order valence-electron chi connectivity index (χ2n) is 6.21. The number of aromatic nitrogens is 3. The first-order valence-electron chi connectivity index (χ1n) is 8.16. The Morgan fingerprint density at radius 3 is 3.14 bits per heavy atom. The molecule has 2 atom stereocenters. The maximum absolute atomic E-state index is 5.93. The minimum atomic E-state index is 0.199. The highest BCUT2D eigenvalue weighted by molar-refractivity contribution is 5.32. The van der Waals surface area contributed by atoms with Gasteiger partial charge in [-0.3, -0.25) is 9.58 Å². The standard InChI is InChI=1S/C17H22N4O/c1-2-6-16-14(4-1)5-3-7-17(16)20-8-9-22-15(10-20)11-21-13-18-12-19-21/h1-2,4,6,12-13,15,17H,3,5,7-11H2/t15-,17+/m1/s1. The van der Waals surface area contributed by atoms with Gasteiger partial charge in [-0.05, 0) is 30.4 Å². The molecule has 1 fully saturated rings. The molecule has 116 valence electrons. The molecule has 0 spiro atoms. The molecule has 5 heteroatoms. The molecule has 0 N–H and O–H groups in total. The van der Waals surface area contributed by atoms with E-state index in [1.807, 2.05) is 4.68 Å². The molecule has 1 saturated heterocycles. The van der Waals surface area contributed by atoms with Gasteiger partial charge in [-0.15, -0.1) is 0 Å². The third-order valence-electron chi connectivity index (χ3n) is 4.81. The predicted molar refractivity (Wildman–Crippen MR) is 83.5 cm³/mol. The zero-order chi connectivity index (χ0) is 14.8. The number of hydrogen-bond donors (Lipinski definition) is 0. The lowest BCUT2D eigenvalue weighted by Gasteiger charge is -2.40. The van der Waals surface area contributed by atoms with Gasteiger partial charge in [-0.1, -0.05) is 24.3 Å². The van der Waals surface area contributed by atoms with Gasteiger partial charge in [0.1, 0.15) is 12.7 Å².